The Bertz CT molecular complexity index is 685. The number of rotatable bonds is 3. The van der Waals surface area contributed by atoms with Gasteiger partial charge in [-0.2, -0.15) is 0 Å². The standard InChI is InChI=1S/C19H24N2O4/c1-20-11-15-9-16(8-14(15)10-17(20)22)21(2)18(23)12-4-6-13(7-5-12)19(24)25-3/h4-7,14-16H,8-11H2,1-3H3/t14-,15+,16-/m0/s1. The van der Waals surface area contributed by atoms with Crippen LogP contribution in [0.3, 0.4) is 0 Å². The number of fused-ring (bicyclic) bond motifs is 1. The number of ether oxygens (including phenoxy) is 1. The second-order valence-electron chi connectivity index (χ2n) is 7.11. The van der Waals surface area contributed by atoms with E-state index in [1.54, 1.807) is 34.1 Å². The second-order valence-corrected chi connectivity index (χ2v) is 7.11. The van der Waals surface area contributed by atoms with E-state index in [4.69, 9.17) is 0 Å². The van der Waals surface area contributed by atoms with Gasteiger partial charge in [-0.25, -0.2) is 4.79 Å². The molecule has 1 aromatic carbocycles. The van der Waals surface area contributed by atoms with Gasteiger partial charge in [0.2, 0.25) is 5.91 Å². The third-order valence-corrected chi connectivity index (χ3v) is 5.61. The van der Waals surface area contributed by atoms with E-state index < -0.39 is 5.97 Å². The highest BCUT2D eigenvalue weighted by molar-refractivity contribution is 5.96. The summed E-state index contributed by atoms with van der Waals surface area (Å²) in [7, 11) is 5.00. The zero-order chi connectivity index (χ0) is 18.1. The Morgan fingerprint density at radius 2 is 1.72 bits per heavy atom. The van der Waals surface area contributed by atoms with Crippen molar-refractivity contribution >= 4 is 17.8 Å². The molecule has 1 aromatic rings. The Morgan fingerprint density at radius 1 is 1.12 bits per heavy atom. The number of nitrogens with zero attached hydrogens (tertiary/aromatic N) is 2. The van der Waals surface area contributed by atoms with Gasteiger partial charge in [0, 0.05) is 38.7 Å². The summed E-state index contributed by atoms with van der Waals surface area (Å²) in [5.41, 5.74) is 0.980. The van der Waals surface area contributed by atoms with Gasteiger partial charge in [0.25, 0.3) is 5.91 Å². The summed E-state index contributed by atoms with van der Waals surface area (Å²) in [6.07, 6.45) is 2.41. The predicted octanol–water partition coefficient (Wildman–Crippen LogP) is 1.80. The molecule has 1 aliphatic heterocycles. The average Bonchev–Trinajstić information content (AvgIpc) is 3.03. The van der Waals surface area contributed by atoms with Crippen molar-refractivity contribution < 1.29 is 19.1 Å². The molecule has 1 saturated carbocycles. The van der Waals surface area contributed by atoms with Crippen molar-refractivity contribution in [2.24, 2.45) is 11.8 Å². The summed E-state index contributed by atoms with van der Waals surface area (Å²) in [6, 6.07) is 6.68. The number of amides is 2. The van der Waals surface area contributed by atoms with Crippen molar-refractivity contribution in [1.82, 2.24) is 9.80 Å². The highest BCUT2D eigenvalue weighted by Crippen LogP contribution is 2.40. The number of carbonyl (C=O) groups is 3. The molecule has 2 fully saturated rings. The second kappa shape index (κ2) is 6.86. The van der Waals surface area contributed by atoms with Crippen LogP contribution in [-0.4, -0.2) is 61.4 Å². The molecule has 0 unspecified atom stereocenters. The van der Waals surface area contributed by atoms with E-state index in [-0.39, 0.29) is 17.9 Å². The van der Waals surface area contributed by atoms with E-state index >= 15 is 0 Å². The van der Waals surface area contributed by atoms with Crippen LogP contribution in [-0.2, 0) is 9.53 Å². The van der Waals surface area contributed by atoms with Crippen LogP contribution in [0.2, 0.25) is 0 Å². The fourth-order valence-corrected chi connectivity index (χ4v) is 4.04. The molecule has 2 amide bonds. The molecule has 1 heterocycles. The van der Waals surface area contributed by atoms with E-state index in [0.717, 1.165) is 19.4 Å². The van der Waals surface area contributed by atoms with Crippen LogP contribution in [0.15, 0.2) is 24.3 Å². The number of hydrogen-bond acceptors (Lipinski definition) is 4. The number of carbonyl (C=O) groups excluding carboxylic acids is 3. The molecule has 1 aliphatic carbocycles. The van der Waals surface area contributed by atoms with Gasteiger partial charge in [-0.1, -0.05) is 0 Å². The molecule has 1 saturated heterocycles. The number of esters is 1. The third-order valence-electron chi connectivity index (χ3n) is 5.61. The van der Waals surface area contributed by atoms with Crippen LogP contribution in [0, 0.1) is 11.8 Å². The van der Waals surface area contributed by atoms with Crippen LogP contribution in [0.1, 0.15) is 40.0 Å². The van der Waals surface area contributed by atoms with Crippen molar-refractivity contribution in [1.29, 1.82) is 0 Å². The molecule has 25 heavy (non-hydrogen) atoms. The maximum Gasteiger partial charge on any atom is 0.337 e. The molecule has 0 spiro atoms. The quantitative estimate of drug-likeness (QED) is 0.784. The lowest BCUT2D eigenvalue weighted by Crippen LogP contribution is -2.39. The van der Waals surface area contributed by atoms with Gasteiger partial charge in [-0.3, -0.25) is 9.59 Å². The summed E-state index contributed by atoms with van der Waals surface area (Å²) in [6.45, 7) is 0.788. The fourth-order valence-electron chi connectivity index (χ4n) is 4.04. The van der Waals surface area contributed by atoms with Gasteiger partial charge in [0.05, 0.1) is 12.7 Å². The van der Waals surface area contributed by atoms with E-state index in [0.29, 0.717) is 29.4 Å². The SMILES string of the molecule is COC(=O)c1ccc(C(=O)N(C)[C@H]2C[C@H]3CC(=O)N(C)C[C@H]3C2)cc1. The van der Waals surface area contributed by atoms with Crippen molar-refractivity contribution in [3.63, 3.8) is 0 Å². The summed E-state index contributed by atoms with van der Waals surface area (Å²) in [5.74, 6) is 0.588. The highest BCUT2D eigenvalue weighted by Gasteiger charge is 2.42. The Balaban J connectivity index is 1.67. The van der Waals surface area contributed by atoms with Gasteiger partial charge >= 0.3 is 5.97 Å². The highest BCUT2D eigenvalue weighted by atomic mass is 16.5. The normalized spacial score (nSPS) is 25.5. The molecule has 3 rings (SSSR count). The lowest BCUT2D eigenvalue weighted by Gasteiger charge is -2.31. The Morgan fingerprint density at radius 3 is 2.36 bits per heavy atom. The first-order chi connectivity index (χ1) is 11.9. The van der Waals surface area contributed by atoms with Gasteiger partial charge < -0.3 is 14.5 Å². The monoisotopic (exact) mass is 344 g/mol. The minimum absolute atomic E-state index is 0.0558. The molecular formula is C19H24N2O4. The largest absolute Gasteiger partial charge is 0.465 e. The number of piperidine rings is 1. The summed E-state index contributed by atoms with van der Waals surface area (Å²) in [4.78, 5) is 39.7. The maximum atomic E-state index is 12.7. The van der Waals surface area contributed by atoms with Gasteiger partial charge in [0.15, 0.2) is 0 Å². The van der Waals surface area contributed by atoms with E-state index in [1.165, 1.54) is 7.11 Å². The number of hydrogen-bond donors (Lipinski definition) is 0. The summed E-state index contributed by atoms with van der Waals surface area (Å²) in [5, 5.41) is 0. The van der Waals surface area contributed by atoms with Crippen molar-refractivity contribution in [3.8, 4) is 0 Å². The van der Waals surface area contributed by atoms with Crippen LogP contribution >= 0.6 is 0 Å². The average molecular weight is 344 g/mol. The fraction of sp³-hybridized carbons (Fsp3) is 0.526. The lowest BCUT2D eigenvalue weighted by molar-refractivity contribution is -0.134. The number of benzene rings is 1. The number of likely N-dealkylation sites (tertiary alicyclic amines) is 1. The molecule has 6 nitrogen and oxygen atoms in total. The van der Waals surface area contributed by atoms with Gasteiger partial charge in [-0.15, -0.1) is 0 Å². The van der Waals surface area contributed by atoms with Crippen LogP contribution in [0.25, 0.3) is 0 Å². The van der Waals surface area contributed by atoms with Crippen LogP contribution in [0.5, 0.6) is 0 Å². The van der Waals surface area contributed by atoms with E-state index in [9.17, 15) is 14.4 Å². The molecule has 3 atom stereocenters. The maximum absolute atomic E-state index is 12.7. The molecule has 6 heteroatoms. The van der Waals surface area contributed by atoms with Crippen molar-refractivity contribution in [2.45, 2.75) is 25.3 Å². The smallest absolute Gasteiger partial charge is 0.337 e. The van der Waals surface area contributed by atoms with Crippen molar-refractivity contribution in [3.05, 3.63) is 35.4 Å². The van der Waals surface area contributed by atoms with E-state index in [1.807, 2.05) is 14.1 Å². The van der Waals surface area contributed by atoms with Crippen LogP contribution in [0.4, 0.5) is 0 Å². The van der Waals surface area contributed by atoms with Crippen LogP contribution < -0.4 is 0 Å². The molecule has 0 N–H and O–H groups in total. The molecule has 134 valence electrons. The Labute approximate surface area is 147 Å². The first kappa shape index (κ1) is 17.5. The zero-order valence-corrected chi connectivity index (χ0v) is 14.9. The van der Waals surface area contributed by atoms with Crippen molar-refractivity contribution in [2.75, 3.05) is 27.7 Å². The number of methoxy groups -OCH3 is 1. The summed E-state index contributed by atoms with van der Waals surface area (Å²) >= 11 is 0. The molecular weight excluding hydrogens is 320 g/mol. The first-order valence-corrected chi connectivity index (χ1v) is 8.60. The molecule has 2 aliphatic rings. The zero-order valence-electron chi connectivity index (χ0n) is 14.9. The Hall–Kier alpha value is -2.37. The molecule has 0 radical (unpaired) electrons. The first-order valence-electron chi connectivity index (χ1n) is 8.60. The lowest BCUT2D eigenvalue weighted by atomic mass is 9.88. The minimum atomic E-state index is -0.416. The van der Waals surface area contributed by atoms with Gasteiger partial charge in [-0.05, 0) is 48.9 Å². The molecule has 0 bridgehead atoms. The Kier molecular flexibility index (Phi) is 4.79. The van der Waals surface area contributed by atoms with E-state index in [2.05, 4.69) is 4.74 Å². The topological polar surface area (TPSA) is 66.9 Å². The van der Waals surface area contributed by atoms with Gasteiger partial charge in [0.1, 0.15) is 0 Å². The summed E-state index contributed by atoms with van der Waals surface area (Å²) < 4.78 is 4.67. The minimum Gasteiger partial charge on any atom is -0.465 e. The molecule has 0 aromatic heterocycles. The third kappa shape index (κ3) is 3.38. The predicted molar refractivity (Wildman–Crippen MR) is 92.1 cm³/mol.